The van der Waals surface area contributed by atoms with Gasteiger partial charge in [-0.25, -0.2) is 0 Å². The maximum absolute atomic E-state index is 11.5. The normalized spacial score (nSPS) is 13.4. The second kappa shape index (κ2) is 7.43. The van der Waals surface area contributed by atoms with Gasteiger partial charge in [-0.1, -0.05) is 90.5 Å². The van der Waals surface area contributed by atoms with Crippen LogP contribution in [0.25, 0.3) is 0 Å². The van der Waals surface area contributed by atoms with Gasteiger partial charge in [-0.15, -0.1) is 0 Å². The van der Waals surface area contributed by atoms with Crippen LogP contribution in [0.4, 0.5) is 0 Å². The summed E-state index contributed by atoms with van der Waals surface area (Å²) in [6.45, 7) is 3.23. The zero-order chi connectivity index (χ0) is 16.8. The fourth-order valence-corrected chi connectivity index (χ4v) is 2.90. The molecule has 24 heavy (non-hydrogen) atoms. The van der Waals surface area contributed by atoms with Crippen molar-refractivity contribution in [3.05, 3.63) is 107 Å². The van der Waals surface area contributed by atoms with Crippen LogP contribution >= 0.6 is 0 Å². The van der Waals surface area contributed by atoms with Gasteiger partial charge in [0.15, 0.2) is 0 Å². The first-order valence-electron chi connectivity index (χ1n) is 8.28. The van der Waals surface area contributed by atoms with E-state index in [0.717, 1.165) is 17.7 Å². The highest BCUT2D eigenvalue weighted by Crippen LogP contribution is 2.29. The van der Waals surface area contributed by atoms with E-state index in [9.17, 15) is 5.11 Å². The van der Waals surface area contributed by atoms with E-state index in [1.54, 1.807) is 0 Å². The van der Waals surface area contributed by atoms with E-state index in [4.69, 9.17) is 0 Å². The SMILES string of the molecule is Cc1ccc([C@@](O)(CNCc2ccccc2)c2ccccc2)cc1. The minimum atomic E-state index is -1.05. The Morgan fingerprint density at radius 2 is 1.29 bits per heavy atom. The maximum Gasteiger partial charge on any atom is 0.127 e. The Bertz CT molecular complexity index is 753. The summed E-state index contributed by atoms with van der Waals surface area (Å²) in [7, 11) is 0. The van der Waals surface area contributed by atoms with Crippen molar-refractivity contribution in [2.75, 3.05) is 6.54 Å². The second-order valence-electron chi connectivity index (χ2n) is 6.18. The summed E-state index contributed by atoms with van der Waals surface area (Å²) in [5.41, 5.74) is 3.14. The Morgan fingerprint density at radius 3 is 1.92 bits per heavy atom. The fourth-order valence-electron chi connectivity index (χ4n) is 2.90. The highest BCUT2D eigenvalue weighted by atomic mass is 16.3. The van der Waals surface area contributed by atoms with E-state index in [2.05, 4.69) is 24.4 Å². The van der Waals surface area contributed by atoms with Gasteiger partial charge in [0.1, 0.15) is 5.60 Å². The molecule has 0 aliphatic heterocycles. The fraction of sp³-hybridized carbons (Fsp3) is 0.182. The van der Waals surface area contributed by atoms with Crippen molar-refractivity contribution < 1.29 is 5.11 Å². The summed E-state index contributed by atoms with van der Waals surface area (Å²) in [6.07, 6.45) is 0. The summed E-state index contributed by atoms with van der Waals surface area (Å²) in [5, 5.41) is 14.9. The Labute approximate surface area is 143 Å². The second-order valence-corrected chi connectivity index (χ2v) is 6.18. The molecule has 0 heterocycles. The van der Waals surface area contributed by atoms with Crippen molar-refractivity contribution in [3.8, 4) is 0 Å². The lowest BCUT2D eigenvalue weighted by Crippen LogP contribution is -2.39. The number of benzene rings is 3. The number of aliphatic hydroxyl groups is 1. The molecule has 0 saturated heterocycles. The van der Waals surface area contributed by atoms with Crippen LogP contribution in [0.15, 0.2) is 84.9 Å². The molecule has 0 bridgehead atoms. The van der Waals surface area contributed by atoms with Crippen LogP contribution in [0.5, 0.6) is 0 Å². The van der Waals surface area contributed by atoms with Gasteiger partial charge in [0, 0.05) is 13.1 Å². The van der Waals surface area contributed by atoms with Crippen molar-refractivity contribution in [2.24, 2.45) is 0 Å². The van der Waals surface area contributed by atoms with Crippen LogP contribution in [-0.4, -0.2) is 11.7 Å². The van der Waals surface area contributed by atoms with Gasteiger partial charge in [0.2, 0.25) is 0 Å². The van der Waals surface area contributed by atoms with Crippen LogP contribution in [0.2, 0.25) is 0 Å². The molecule has 122 valence electrons. The zero-order valence-electron chi connectivity index (χ0n) is 13.9. The topological polar surface area (TPSA) is 32.3 Å². The molecular formula is C22H23NO. The van der Waals surface area contributed by atoms with E-state index < -0.39 is 5.60 Å². The van der Waals surface area contributed by atoms with E-state index in [1.807, 2.05) is 72.8 Å². The number of rotatable bonds is 6. The molecule has 2 nitrogen and oxygen atoms in total. The Hall–Kier alpha value is -2.42. The van der Waals surface area contributed by atoms with Crippen LogP contribution in [0.1, 0.15) is 22.3 Å². The number of hydrogen-bond donors (Lipinski definition) is 2. The summed E-state index contributed by atoms with van der Waals surface area (Å²) in [5.74, 6) is 0. The van der Waals surface area contributed by atoms with E-state index in [-0.39, 0.29) is 0 Å². The van der Waals surface area contributed by atoms with Crippen molar-refractivity contribution >= 4 is 0 Å². The first-order valence-corrected chi connectivity index (χ1v) is 8.28. The molecule has 3 rings (SSSR count). The average molecular weight is 317 g/mol. The molecular weight excluding hydrogens is 294 g/mol. The number of aryl methyl sites for hydroxylation is 1. The molecule has 0 spiro atoms. The largest absolute Gasteiger partial charge is 0.379 e. The van der Waals surface area contributed by atoms with E-state index in [0.29, 0.717) is 6.54 Å². The van der Waals surface area contributed by atoms with Crippen molar-refractivity contribution in [2.45, 2.75) is 19.1 Å². The van der Waals surface area contributed by atoms with Gasteiger partial charge in [-0.3, -0.25) is 0 Å². The third kappa shape index (κ3) is 3.73. The van der Waals surface area contributed by atoms with E-state index >= 15 is 0 Å². The molecule has 0 unspecified atom stereocenters. The van der Waals surface area contributed by atoms with Crippen LogP contribution in [0.3, 0.4) is 0 Å². The minimum absolute atomic E-state index is 0.453. The van der Waals surface area contributed by atoms with Gasteiger partial charge < -0.3 is 10.4 Å². The van der Waals surface area contributed by atoms with Gasteiger partial charge in [-0.05, 0) is 23.6 Å². The van der Waals surface area contributed by atoms with Gasteiger partial charge in [0.05, 0.1) is 0 Å². The highest BCUT2D eigenvalue weighted by molar-refractivity contribution is 5.37. The maximum atomic E-state index is 11.5. The smallest absolute Gasteiger partial charge is 0.127 e. The number of nitrogens with one attached hydrogen (secondary N) is 1. The molecule has 0 aliphatic carbocycles. The quantitative estimate of drug-likeness (QED) is 0.720. The molecule has 1 atom stereocenters. The summed E-state index contributed by atoms with van der Waals surface area (Å²) in [6, 6.07) is 28.2. The molecule has 0 amide bonds. The summed E-state index contributed by atoms with van der Waals surface area (Å²) < 4.78 is 0. The first kappa shape index (κ1) is 16.4. The molecule has 0 aromatic heterocycles. The lowest BCUT2D eigenvalue weighted by molar-refractivity contribution is 0.0796. The van der Waals surface area contributed by atoms with Crippen molar-refractivity contribution in [3.63, 3.8) is 0 Å². The Kier molecular flexibility index (Phi) is 5.09. The van der Waals surface area contributed by atoms with Crippen LogP contribution < -0.4 is 5.32 Å². The standard InChI is InChI=1S/C22H23NO/c1-18-12-14-21(15-13-18)22(24,20-10-6-3-7-11-20)17-23-16-19-8-4-2-5-9-19/h2-15,23-24H,16-17H2,1H3/t22-/m1/s1. The molecule has 2 N–H and O–H groups in total. The highest BCUT2D eigenvalue weighted by Gasteiger charge is 2.30. The number of hydrogen-bond acceptors (Lipinski definition) is 2. The molecule has 0 saturated carbocycles. The van der Waals surface area contributed by atoms with Gasteiger partial charge >= 0.3 is 0 Å². The van der Waals surface area contributed by atoms with Crippen LogP contribution in [-0.2, 0) is 12.1 Å². The lowest BCUT2D eigenvalue weighted by atomic mass is 9.86. The predicted octanol–water partition coefficient (Wildman–Crippen LogP) is 4.02. The van der Waals surface area contributed by atoms with Gasteiger partial charge in [-0.2, -0.15) is 0 Å². The third-order valence-electron chi connectivity index (χ3n) is 4.33. The Morgan fingerprint density at radius 1 is 0.750 bits per heavy atom. The molecule has 0 aliphatic rings. The Balaban J connectivity index is 1.83. The van der Waals surface area contributed by atoms with Gasteiger partial charge in [0.25, 0.3) is 0 Å². The average Bonchev–Trinajstić information content (AvgIpc) is 2.64. The molecule has 3 aromatic carbocycles. The van der Waals surface area contributed by atoms with Crippen LogP contribution in [0, 0.1) is 6.92 Å². The molecule has 2 heteroatoms. The molecule has 0 fully saturated rings. The lowest BCUT2D eigenvalue weighted by Gasteiger charge is -2.30. The summed E-state index contributed by atoms with van der Waals surface area (Å²) in [4.78, 5) is 0. The monoisotopic (exact) mass is 317 g/mol. The predicted molar refractivity (Wildman–Crippen MR) is 98.8 cm³/mol. The van der Waals surface area contributed by atoms with Crippen molar-refractivity contribution in [1.82, 2.24) is 5.32 Å². The molecule has 3 aromatic rings. The summed E-state index contributed by atoms with van der Waals surface area (Å²) >= 11 is 0. The van der Waals surface area contributed by atoms with E-state index in [1.165, 1.54) is 11.1 Å². The third-order valence-corrected chi connectivity index (χ3v) is 4.33. The zero-order valence-corrected chi connectivity index (χ0v) is 13.9. The van der Waals surface area contributed by atoms with Crippen molar-refractivity contribution in [1.29, 1.82) is 0 Å². The first-order chi connectivity index (χ1) is 11.7. The molecule has 0 radical (unpaired) electrons. The minimum Gasteiger partial charge on any atom is -0.379 e.